The van der Waals surface area contributed by atoms with Gasteiger partial charge in [0.05, 0.1) is 6.26 Å². The topological polar surface area (TPSA) is 105 Å². The molecular weight excluding hydrogens is 430 g/mol. The molecule has 0 aliphatic carbocycles. The molecule has 0 saturated carbocycles. The number of aldehydes is 1. The molecule has 2 aliphatic heterocycles. The van der Waals surface area contributed by atoms with Crippen molar-refractivity contribution in [2.75, 3.05) is 34.3 Å². The molecule has 1 unspecified atom stereocenters. The maximum atomic E-state index is 12.7. The second kappa shape index (κ2) is 9.04. The summed E-state index contributed by atoms with van der Waals surface area (Å²) in [5, 5.41) is 3.20. The summed E-state index contributed by atoms with van der Waals surface area (Å²) >= 11 is 0. The van der Waals surface area contributed by atoms with Crippen LogP contribution in [-0.4, -0.2) is 46.1 Å². The Morgan fingerprint density at radius 2 is 1.91 bits per heavy atom. The zero-order valence-corrected chi connectivity index (χ0v) is 18.5. The first kappa shape index (κ1) is 21.9. The Hall–Kier alpha value is -3.33. The summed E-state index contributed by atoms with van der Waals surface area (Å²) < 4.78 is 30.6. The third-order valence-corrected chi connectivity index (χ3v) is 6.21. The van der Waals surface area contributed by atoms with Crippen molar-refractivity contribution in [3.63, 3.8) is 0 Å². The first-order chi connectivity index (χ1) is 15.3. The number of para-hydroxylation sites is 1. The Morgan fingerprint density at radius 3 is 2.62 bits per heavy atom. The smallest absolute Gasteiger partial charge is 0.334 e. The van der Waals surface area contributed by atoms with Crippen LogP contribution in [0.1, 0.15) is 18.4 Å². The van der Waals surface area contributed by atoms with Crippen LogP contribution in [0.5, 0.6) is 0 Å². The van der Waals surface area contributed by atoms with E-state index in [2.05, 4.69) is 10.0 Å². The van der Waals surface area contributed by atoms with Crippen molar-refractivity contribution in [3.8, 4) is 0 Å². The highest BCUT2D eigenvalue weighted by Crippen LogP contribution is 2.28. The van der Waals surface area contributed by atoms with Crippen LogP contribution in [0.4, 0.5) is 17.1 Å². The van der Waals surface area contributed by atoms with Crippen LogP contribution in [0.3, 0.4) is 0 Å². The molecule has 2 aliphatic rings. The fourth-order valence-electron chi connectivity index (χ4n) is 4.01. The molecular formula is C23H25N3O5S. The fourth-order valence-corrected chi connectivity index (χ4v) is 4.57. The highest BCUT2D eigenvalue weighted by Gasteiger charge is 2.28. The highest BCUT2D eigenvalue weighted by atomic mass is 32.2. The van der Waals surface area contributed by atoms with Gasteiger partial charge in [-0.3, -0.25) is 9.52 Å². The van der Waals surface area contributed by atoms with Gasteiger partial charge in [-0.15, -0.1) is 0 Å². The summed E-state index contributed by atoms with van der Waals surface area (Å²) in [5.41, 5.74) is 4.22. The number of aryl methyl sites for hydroxylation is 1. The van der Waals surface area contributed by atoms with Crippen molar-refractivity contribution in [1.82, 2.24) is 0 Å². The molecule has 32 heavy (non-hydrogen) atoms. The van der Waals surface area contributed by atoms with Gasteiger partial charge < -0.3 is 15.0 Å². The largest absolute Gasteiger partial charge is 0.421 e. The van der Waals surface area contributed by atoms with Crippen LogP contribution in [-0.2, 0) is 30.8 Å². The summed E-state index contributed by atoms with van der Waals surface area (Å²) in [7, 11) is -3.33. The fraction of sp³-hybridized carbons (Fsp3) is 0.304. The maximum absolute atomic E-state index is 12.7. The standard InChI is InChI=1S/C23H25N3O5S/c1-32(29,30)25-18-7-9-19(10-8-18)26-13-12-17(14-26)22(15-27)31-23(28)21-11-6-16-4-2-3-5-20(16)24-21/h2-5,7-10,15,21,24-25H,6,11-14H2,1H3/b22-17+. The van der Waals surface area contributed by atoms with Crippen LogP contribution in [0.2, 0.25) is 0 Å². The number of esters is 1. The lowest BCUT2D eigenvalue weighted by atomic mass is 9.98. The predicted molar refractivity (Wildman–Crippen MR) is 123 cm³/mol. The van der Waals surface area contributed by atoms with Crippen molar-refractivity contribution in [2.45, 2.75) is 25.3 Å². The quantitative estimate of drug-likeness (QED) is 0.299. The lowest BCUT2D eigenvalue weighted by Gasteiger charge is -2.25. The van der Waals surface area contributed by atoms with E-state index in [4.69, 9.17) is 4.74 Å². The Kier molecular flexibility index (Phi) is 6.18. The number of ether oxygens (including phenoxy) is 1. The van der Waals surface area contributed by atoms with Gasteiger partial charge in [0.25, 0.3) is 0 Å². The summed E-state index contributed by atoms with van der Waals surface area (Å²) in [4.78, 5) is 26.4. The van der Waals surface area contributed by atoms with Crippen LogP contribution < -0.4 is 14.9 Å². The molecule has 8 nitrogen and oxygen atoms in total. The SMILES string of the molecule is CS(=O)(=O)Nc1ccc(N2CC/C(=C(/C=O)OC(=O)C3CCc4ccccc4N3)C2)cc1. The number of sulfonamides is 1. The maximum Gasteiger partial charge on any atom is 0.334 e. The number of hydrogen-bond acceptors (Lipinski definition) is 7. The molecule has 2 N–H and O–H groups in total. The van der Waals surface area contributed by atoms with E-state index < -0.39 is 22.0 Å². The van der Waals surface area contributed by atoms with E-state index in [9.17, 15) is 18.0 Å². The molecule has 1 fully saturated rings. The van der Waals surface area contributed by atoms with Gasteiger partial charge in [-0.2, -0.15) is 0 Å². The van der Waals surface area contributed by atoms with Crippen molar-refractivity contribution in [1.29, 1.82) is 0 Å². The molecule has 0 aromatic heterocycles. The molecule has 0 radical (unpaired) electrons. The summed E-state index contributed by atoms with van der Waals surface area (Å²) in [6.07, 6.45) is 3.69. The highest BCUT2D eigenvalue weighted by molar-refractivity contribution is 7.92. The van der Waals surface area contributed by atoms with E-state index >= 15 is 0 Å². The lowest BCUT2D eigenvalue weighted by Crippen LogP contribution is -2.35. The van der Waals surface area contributed by atoms with Gasteiger partial charge in [-0.25, -0.2) is 13.2 Å². The Labute approximate surface area is 187 Å². The van der Waals surface area contributed by atoms with E-state index in [0.717, 1.165) is 35.2 Å². The minimum atomic E-state index is -3.33. The average molecular weight is 456 g/mol. The summed E-state index contributed by atoms with van der Waals surface area (Å²) in [5.74, 6) is -0.378. The zero-order chi connectivity index (χ0) is 22.7. The predicted octanol–water partition coefficient (Wildman–Crippen LogP) is 2.69. The molecule has 0 spiro atoms. The number of allylic oxidation sites excluding steroid dienone is 1. The van der Waals surface area contributed by atoms with E-state index in [1.807, 2.05) is 41.3 Å². The molecule has 9 heteroatoms. The zero-order valence-electron chi connectivity index (χ0n) is 17.7. The summed E-state index contributed by atoms with van der Waals surface area (Å²) in [6, 6.07) is 14.3. The number of hydrogen-bond donors (Lipinski definition) is 2. The lowest BCUT2D eigenvalue weighted by molar-refractivity contribution is -0.142. The minimum Gasteiger partial charge on any atom is -0.421 e. The van der Waals surface area contributed by atoms with Gasteiger partial charge in [0.2, 0.25) is 10.0 Å². The van der Waals surface area contributed by atoms with Gasteiger partial charge in [0.1, 0.15) is 6.04 Å². The Bertz CT molecular complexity index is 1160. The first-order valence-corrected chi connectivity index (χ1v) is 12.3. The molecule has 1 atom stereocenters. The van der Waals surface area contributed by atoms with Gasteiger partial charge in [-0.05, 0) is 60.7 Å². The molecule has 2 aromatic carbocycles. The number of fused-ring (bicyclic) bond motifs is 1. The second-order valence-corrected chi connectivity index (χ2v) is 9.74. The number of carbonyl (C=O) groups excluding carboxylic acids is 2. The van der Waals surface area contributed by atoms with Crippen molar-refractivity contribution >= 4 is 39.3 Å². The number of nitrogens with zero attached hydrogens (tertiary/aromatic N) is 1. The van der Waals surface area contributed by atoms with Gasteiger partial charge in [0, 0.05) is 30.2 Å². The van der Waals surface area contributed by atoms with E-state index in [-0.39, 0.29) is 5.76 Å². The van der Waals surface area contributed by atoms with Crippen LogP contribution in [0, 0.1) is 0 Å². The van der Waals surface area contributed by atoms with Crippen molar-refractivity contribution in [3.05, 3.63) is 65.4 Å². The van der Waals surface area contributed by atoms with E-state index in [1.54, 1.807) is 12.1 Å². The average Bonchev–Trinajstić information content (AvgIpc) is 3.26. The van der Waals surface area contributed by atoms with E-state index in [0.29, 0.717) is 37.9 Å². The Morgan fingerprint density at radius 1 is 1.16 bits per heavy atom. The van der Waals surface area contributed by atoms with Gasteiger partial charge >= 0.3 is 5.97 Å². The monoisotopic (exact) mass is 455 g/mol. The van der Waals surface area contributed by atoms with Crippen molar-refractivity contribution in [2.24, 2.45) is 0 Å². The summed E-state index contributed by atoms with van der Waals surface area (Å²) in [6.45, 7) is 1.12. The van der Waals surface area contributed by atoms with Crippen LogP contribution >= 0.6 is 0 Å². The van der Waals surface area contributed by atoms with Crippen molar-refractivity contribution < 1.29 is 22.7 Å². The number of nitrogens with one attached hydrogen (secondary N) is 2. The molecule has 2 aromatic rings. The molecule has 0 amide bonds. The van der Waals surface area contributed by atoms with E-state index in [1.165, 1.54) is 0 Å². The normalized spacial score (nSPS) is 19.5. The first-order valence-electron chi connectivity index (χ1n) is 10.4. The molecule has 4 rings (SSSR count). The molecule has 2 heterocycles. The van der Waals surface area contributed by atoms with Crippen LogP contribution in [0.25, 0.3) is 0 Å². The minimum absolute atomic E-state index is 0.0773. The molecule has 0 bridgehead atoms. The Balaban J connectivity index is 1.41. The van der Waals surface area contributed by atoms with Gasteiger partial charge in [-0.1, -0.05) is 18.2 Å². The number of rotatable bonds is 6. The number of benzene rings is 2. The third-order valence-electron chi connectivity index (χ3n) is 5.60. The number of carbonyl (C=O) groups is 2. The molecule has 168 valence electrons. The van der Waals surface area contributed by atoms with Gasteiger partial charge in [0.15, 0.2) is 12.0 Å². The second-order valence-electron chi connectivity index (χ2n) is 7.99. The third kappa shape index (κ3) is 5.11. The van der Waals surface area contributed by atoms with Crippen LogP contribution in [0.15, 0.2) is 59.9 Å². The number of anilines is 3. The molecule has 1 saturated heterocycles.